The number of esters is 1. The number of carbonyl (C=O) groups is 2. The lowest BCUT2D eigenvalue weighted by Gasteiger charge is -2.05. The molecule has 0 rings (SSSR count). The third kappa shape index (κ3) is 14.8. The van der Waals surface area contributed by atoms with Crippen molar-refractivity contribution >= 4 is 12.1 Å². The molecule has 0 unspecified atom stereocenters. The summed E-state index contributed by atoms with van der Waals surface area (Å²) >= 11 is 0. The van der Waals surface area contributed by atoms with Gasteiger partial charge in [-0.05, 0) is 19.3 Å². The van der Waals surface area contributed by atoms with E-state index in [4.69, 9.17) is 9.84 Å². The number of amides is 1. The number of nitrogens with one attached hydrogen (secondary N) is 1. The lowest BCUT2D eigenvalue weighted by atomic mass is 10.1. The third-order valence-electron chi connectivity index (χ3n) is 3.09. The molecule has 0 radical (unpaired) electrons. The van der Waals surface area contributed by atoms with Crippen LogP contribution in [0.2, 0.25) is 0 Å². The molecule has 5 heteroatoms. The quantitative estimate of drug-likeness (QED) is 0.400. The highest BCUT2D eigenvalue weighted by molar-refractivity contribution is 5.69. The number of carboxylic acid groups (broad SMARTS) is 1. The fourth-order valence-electron chi connectivity index (χ4n) is 1.91. The van der Waals surface area contributed by atoms with Crippen LogP contribution in [0, 0.1) is 0 Å². The Kier molecular flexibility index (Phi) is 13.3. The Balaban J connectivity index is 3.18. The molecule has 0 aliphatic carbocycles. The Morgan fingerprint density at radius 1 is 0.950 bits per heavy atom. The summed E-state index contributed by atoms with van der Waals surface area (Å²) in [5.74, 6) is -0.107. The first-order valence-corrected chi connectivity index (χ1v) is 7.79. The smallest absolute Gasteiger partial charge is 0.404 e. The molecule has 0 aromatic carbocycles. The molecule has 2 N–H and O–H groups in total. The minimum Gasteiger partial charge on any atom is -0.466 e. The standard InChI is InChI=1S/C15H29NO4/c1-2-3-4-7-10-13-20-14(17)11-8-5-6-9-12-16-15(18)19/h16H,2-13H2,1H3,(H,18,19). The molecule has 0 spiro atoms. The average Bonchev–Trinajstić information content (AvgIpc) is 2.41. The van der Waals surface area contributed by atoms with Crippen molar-refractivity contribution in [3.63, 3.8) is 0 Å². The summed E-state index contributed by atoms with van der Waals surface area (Å²) in [6, 6.07) is 0. The van der Waals surface area contributed by atoms with Gasteiger partial charge in [-0.15, -0.1) is 0 Å². The van der Waals surface area contributed by atoms with E-state index in [0.29, 0.717) is 19.6 Å². The molecular formula is C15H29NO4. The zero-order valence-electron chi connectivity index (χ0n) is 12.7. The van der Waals surface area contributed by atoms with E-state index in [9.17, 15) is 9.59 Å². The highest BCUT2D eigenvalue weighted by atomic mass is 16.5. The maximum Gasteiger partial charge on any atom is 0.404 e. The van der Waals surface area contributed by atoms with Crippen LogP contribution in [0.5, 0.6) is 0 Å². The van der Waals surface area contributed by atoms with Gasteiger partial charge in [0.15, 0.2) is 0 Å². The lowest BCUT2D eigenvalue weighted by Crippen LogP contribution is -2.21. The monoisotopic (exact) mass is 287 g/mol. The molecule has 0 bridgehead atoms. The van der Waals surface area contributed by atoms with Gasteiger partial charge in [-0.3, -0.25) is 4.79 Å². The second-order valence-electron chi connectivity index (χ2n) is 5.03. The number of rotatable bonds is 13. The zero-order valence-corrected chi connectivity index (χ0v) is 12.7. The number of hydrogen-bond donors (Lipinski definition) is 2. The van der Waals surface area contributed by atoms with Crippen molar-refractivity contribution in [2.75, 3.05) is 13.2 Å². The Bertz CT molecular complexity index is 256. The topological polar surface area (TPSA) is 75.6 Å². The van der Waals surface area contributed by atoms with Crippen molar-refractivity contribution in [3.8, 4) is 0 Å². The molecule has 118 valence electrons. The van der Waals surface area contributed by atoms with E-state index in [2.05, 4.69) is 12.2 Å². The number of hydrogen-bond acceptors (Lipinski definition) is 3. The molecule has 0 aliphatic heterocycles. The normalized spacial score (nSPS) is 10.2. The van der Waals surface area contributed by atoms with Gasteiger partial charge in [-0.1, -0.05) is 45.4 Å². The minimum atomic E-state index is -0.979. The molecule has 0 saturated carbocycles. The van der Waals surface area contributed by atoms with E-state index in [0.717, 1.165) is 38.5 Å². The molecule has 0 heterocycles. The molecule has 0 atom stereocenters. The van der Waals surface area contributed by atoms with Crippen LogP contribution in [0.3, 0.4) is 0 Å². The van der Waals surface area contributed by atoms with Crippen molar-refractivity contribution < 1.29 is 19.4 Å². The SMILES string of the molecule is CCCCCCCOC(=O)CCCCCCNC(=O)O. The van der Waals surface area contributed by atoms with Crippen molar-refractivity contribution in [1.29, 1.82) is 0 Å². The van der Waals surface area contributed by atoms with E-state index in [1.165, 1.54) is 19.3 Å². The van der Waals surface area contributed by atoms with Gasteiger partial charge >= 0.3 is 12.1 Å². The average molecular weight is 287 g/mol. The maximum absolute atomic E-state index is 11.4. The summed E-state index contributed by atoms with van der Waals surface area (Å²) in [4.78, 5) is 21.6. The minimum absolute atomic E-state index is 0.107. The van der Waals surface area contributed by atoms with Gasteiger partial charge in [0.05, 0.1) is 6.61 Å². The van der Waals surface area contributed by atoms with Crippen molar-refractivity contribution in [2.45, 2.75) is 71.1 Å². The van der Waals surface area contributed by atoms with Gasteiger partial charge < -0.3 is 15.2 Å². The van der Waals surface area contributed by atoms with Gasteiger partial charge in [0.1, 0.15) is 0 Å². The molecule has 0 aliphatic rings. The third-order valence-corrected chi connectivity index (χ3v) is 3.09. The highest BCUT2D eigenvalue weighted by Gasteiger charge is 2.02. The highest BCUT2D eigenvalue weighted by Crippen LogP contribution is 2.05. The van der Waals surface area contributed by atoms with Crippen LogP contribution in [-0.4, -0.2) is 30.3 Å². The second-order valence-corrected chi connectivity index (χ2v) is 5.03. The van der Waals surface area contributed by atoms with Crippen LogP contribution in [0.1, 0.15) is 71.1 Å². The summed E-state index contributed by atoms with van der Waals surface area (Å²) < 4.78 is 5.15. The Morgan fingerprint density at radius 2 is 1.60 bits per heavy atom. The van der Waals surface area contributed by atoms with Crippen LogP contribution < -0.4 is 5.32 Å². The Labute approximate surface area is 122 Å². The molecule has 0 fully saturated rings. The van der Waals surface area contributed by atoms with E-state index in [1.807, 2.05) is 0 Å². The van der Waals surface area contributed by atoms with Gasteiger partial charge in [0.2, 0.25) is 0 Å². The van der Waals surface area contributed by atoms with E-state index < -0.39 is 6.09 Å². The van der Waals surface area contributed by atoms with Gasteiger partial charge in [-0.25, -0.2) is 4.79 Å². The molecular weight excluding hydrogens is 258 g/mol. The summed E-state index contributed by atoms with van der Waals surface area (Å²) in [5, 5.41) is 10.7. The van der Waals surface area contributed by atoms with Crippen LogP contribution in [0.15, 0.2) is 0 Å². The molecule has 0 saturated heterocycles. The molecule has 0 aromatic rings. The van der Waals surface area contributed by atoms with Crippen LogP contribution in [-0.2, 0) is 9.53 Å². The van der Waals surface area contributed by atoms with Crippen LogP contribution in [0.25, 0.3) is 0 Å². The second kappa shape index (κ2) is 14.2. The predicted molar refractivity (Wildman–Crippen MR) is 78.8 cm³/mol. The molecule has 5 nitrogen and oxygen atoms in total. The van der Waals surface area contributed by atoms with E-state index >= 15 is 0 Å². The summed E-state index contributed by atoms with van der Waals surface area (Å²) in [6.45, 7) is 3.21. The summed E-state index contributed by atoms with van der Waals surface area (Å²) in [5.41, 5.74) is 0. The molecule has 0 aromatic heterocycles. The van der Waals surface area contributed by atoms with Crippen molar-refractivity contribution in [2.24, 2.45) is 0 Å². The van der Waals surface area contributed by atoms with E-state index in [1.54, 1.807) is 0 Å². The zero-order chi connectivity index (χ0) is 15.1. The largest absolute Gasteiger partial charge is 0.466 e. The first kappa shape index (κ1) is 18.7. The number of unbranched alkanes of at least 4 members (excludes halogenated alkanes) is 7. The Morgan fingerprint density at radius 3 is 2.30 bits per heavy atom. The van der Waals surface area contributed by atoms with E-state index in [-0.39, 0.29) is 5.97 Å². The fraction of sp³-hybridized carbons (Fsp3) is 0.867. The van der Waals surface area contributed by atoms with Gasteiger partial charge in [-0.2, -0.15) is 0 Å². The van der Waals surface area contributed by atoms with Crippen molar-refractivity contribution in [3.05, 3.63) is 0 Å². The molecule has 1 amide bonds. The lowest BCUT2D eigenvalue weighted by molar-refractivity contribution is -0.143. The fourth-order valence-corrected chi connectivity index (χ4v) is 1.91. The molecule has 20 heavy (non-hydrogen) atoms. The summed E-state index contributed by atoms with van der Waals surface area (Å²) in [7, 11) is 0. The Hall–Kier alpha value is -1.26. The first-order chi connectivity index (χ1) is 9.66. The van der Waals surface area contributed by atoms with Crippen LogP contribution >= 0.6 is 0 Å². The predicted octanol–water partition coefficient (Wildman–Crippen LogP) is 3.72. The number of carbonyl (C=O) groups excluding carboxylic acids is 1. The van der Waals surface area contributed by atoms with Gasteiger partial charge in [0, 0.05) is 13.0 Å². The first-order valence-electron chi connectivity index (χ1n) is 7.79. The van der Waals surface area contributed by atoms with Gasteiger partial charge in [0.25, 0.3) is 0 Å². The maximum atomic E-state index is 11.4. The number of ether oxygens (including phenoxy) is 1. The van der Waals surface area contributed by atoms with Crippen LogP contribution in [0.4, 0.5) is 4.79 Å². The van der Waals surface area contributed by atoms with Crippen molar-refractivity contribution in [1.82, 2.24) is 5.32 Å². The summed E-state index contributed by atoms with van der Waals surface area (Å²) in [6.07, 6.45) is 8.81.